The van der Waals surface area contributed by atoms with E-state index in [1.807, 2.05) is 26.0 Å². The van der Waals surface area contributed by atoms with Gasteiger partial charge in [-0.05, 0) is 70.4 Å². The van der Waals surface area contributed by atoms with Crippen molar-refractivity contribution in [3.63, 3.8) is 0 Å². The number of fused-ring (bicyclic) bond motifs is 1. The number of carbonyl (C=O) groups is 1. The van der Waals surface area contributed by atoms with Crippen molar-refractivity contribution in [2.24, 2.45) is 5.92 Å². The number of halogens is 1. The van der Waals surface area contributed by atoms with Crippen molar-refractivity contribution in [3.8, 4) is 17.0 Å². The van der Waals surface area contributed by atoms with Gasteiger partial charge in [0.1, 0.15) is 29.5 Å². The molecule has 5 rings (SSSR count). The van der Waals surface area contributed by atoms with Gasteiger partial charge in [0.2, 0.25) is 0 Å². The monoisotopic (exact) mass is 436 g/mol. The molecule has 6 nitrogen and oxygen atoms in total. The Balaban J connectivity index is 1.49. The molecular weight excluding hydrogens is 407 g/mol. The van der Waals surface area contributed by atoms with Crippen LogP contribution in [0.3, 0.4) is 0 Å². The Labute approximate surface area is 187 Å². The molecule has 0 spiro atoms. The van der Waals surface area contributed by atoms with Crippen molar-refractivity contribution in [2.75, 3.05) is 6.61 Å². The van der Waals surface area contributed by atoms with Crippen molar-refractivity contribution >= 4 is 16.9 Å². The maximum atomic E-state index is 13.5. The number of aromatic nitrogens is 3. The van der Waals surface area contributed by atoms with Gasteiger partial charge in [-0.15, -0.1) is 0 Å². The zero-order chi connectivity index (χ0) is 22.2. The first-order chi connectivity index (χ1) is 15.5. The lowest BCUT2D eigenvalue weighted by Crippen LogP contribution is -2.38. The summed E-state index contributed by atoms with van der Waals surface area (Å²) in [5.74, 6) is 1.27. The minimum atomic E-state index is -0.751. The molecule has 2 saturated carbocycles. The Bertz CT molecular complexity index is 1150. The van der Waals surface area contributed by atoms with Crippen LogP contribution in [0.4, 0.5) is 4.39 Å². The highest BCUT2D eigenvalue weighted by Gasteiger charge is 2.27. The second kappa shape index (κ2) is 8.52. The predicted molar refractivity (Wildman–Crippen MR) is 122 cm³/mol. The van der Waals surface area contributed by atoms with Gasteiger partial charge >= 0.3 is 0 Å². The Kier molecular flexibility index (Phi) is 5.57. The lowest BCUT2D eigenvalue weighted by Gasteiger charge is -2.25. The Hall–Kier alpha value is -2.96. The number of ether oxygens (including phenoxy) is 1. The molecule has 0 unspecified atom stereocenters. The number of hydrogen-bond donors (Lipinski definition) is 2. The van der Waals surface area contributed by atoms with Crippen LogP contribution >= 0.6 is 0 Å². The van der Waals surface area contributed by atoms with Gasteiger partial charge in [-0.1, -0.05) is 11.6 Å². The lowest BCUT2D eigenvalue weighted by atomic mass is 9.94. The smallest absolute Gasteiger partial charge is 0.255 e. The van der Waals surface area contributed by atoms with Crippen LogP contribution < -0.4 is 10.1 Å². The SMILES string of the molecule is Cc1ccc(OCC2CC2)c(-c2ncnc3c(C(=O)NC4CCC(F)CC4)c(C)[nH]c23)c1. The minimum absolute atomic E-state index is 0.000595. The van der Waals surface area contributed by atoms with E-state index in [2.05, 4.69) is 26.3 Å². The molecule has 0 atom stereocenters. The summed E-state index contributed by atoms with van der Waals surface area (Å²) in [6, 6.07) is 6.09. The number of nitrogens with zero attached hydrogens (tertiary/aromatic N) is 2. The van der Waals surface area contributed by atoms with E-state index in [0.29, 0.717) is 49.3 Å². The van der Waals surface area contributed by atoms with Gasteiger partial charge in [-0.2, -0.15) is 0 Å². The summed E-state index contributed by atoms with van der Waals surface area (Å²) in [6.45, 7) is 4.62. The van der Waals surface area contributed by atoms with Crippen LogP contribution in [0.25, 0.3) is 22.3 Å². The number of hydrogen-bond acceptors (Lipinski definition) is 4. The van der Waals surface area contributed by atoms with E-state index < -0.39 is 6.17 Å². The van der Waals surface area contributed by atoms with E-state index in [4.69, 9.17) is 4.74 Å². The highest BCUT2D eigenvalue weighted by Crippen LogP contribution is 2.37. The average Bonchev–Trinajstić information content (AvgIpc) is 3.54. The van der Waals surface area contributed by atoms with Crippen LogP contribution in [0.1, 0.15) is 60.1 Å². The van der Waals surface area contributed by atoms with E-state index in [-0.39, 0.29) is 11.9 Å². The molecule has 1 amide bonds. The molecule has 0 bridgehead atoms. The fourth-order valence-electron chi connectivity index (χ4n) is 4.50. The maximum absolute atomic E-state index is 13.5. The van der Waals surface area contributed by atoms with Crippen molar-refractivity contribution in [1.29, 1.82) is 0 Å². The summed E-state index contributed by atoms with van der Waals surface area (Å²) in [6.07, 6.45) is 5.53. The number of alkyl halides is 1. The molecular formula is C25H29FN4O2. The molecule has 2 aliphatic rings. The molecule has 168 valence electrons. The third-order valence-electron chi connectivity index (χ3n) is 6.55. The molecule has 7 heteroatoms. The summed E-state index contributed by atoms with van der Waals surface area (Å²) in [5, 5.41) is 3.08. The molecule has 2 N–H and O–H groups in total. The van der Waals surface area contributed by atoms with Gasteiger partial charge in [0.15, 0.2) is 0 Å². The van der Waals surface area contributed by atoms with E-state index in [1.54, 1.807) is 0 Å². The largest absolute Gasteiger partial charge is 0.493 e. The number of amides is 1. The van der Waals surface area contributed by atoms with Crippen LogP contribution in [0.5, 0.6) is 5.75 Å². The number of aryl methyl sites for hydroxylation is 2. The quantitative estimate of drug-likeness (QED) is 0.567. The Morgan fingerprint density at radius 3 is 2.69 bits per heavy atom. The molecule has 0 aliphatic heterocycles. The molecule has 0 saturated heterocycles. The number of rotatable bonds is 6. The third kappa shape index (κ3) is 4.20. The number of benzene rings is 1. The van der Waals surface area contributed by atoms with Crippen LogP contribution in [0.15, 0.2) is 24.5 Å². The number of H-pyrrole nitrogens is 1. The van der Waals surface area contributed by atoms with E-state index in [0.717, 1.165) is 33.8 Å². The average molecular weight is 437 g/mol. The van der Waals surface area contributed by atoms with Crippen LogP contribution in [0.2, 0.25) is 0 Å². The summed E-state index contributed by atoms with van der Waals surface area (Å²) in [7, 11) is 0. The van der Waals surface area contributed by atoms with Crippen LogP contribution in [0, 0.1) is 19.8 Å². The summed E-state index contributed by atoms with van der Waals surface area (Å²) in [4.78, 5) is 25.5. The molecule has 3 aromatic rings. The summed E-state index contributed by atoms with van der Waals surface area (Å²) >= 11 is 0. The number of aromatic amines is 1. The molecule has 1 aromatic carbocycles. The van der Waals surface area contributed by atoms with E-state index >= 15 is 0 Å². The summed E-state index contributed by atoms with van der Waals surface area (Å²) < 4.78 is 19.6. The van der Waals surface area contributed by atoms with E-state index in [1.165, 1.54) is 19.2 Å². The Morgan fingerprint density at radius 2 is 1.94 bits per heavy atom. The van der Waals surface area contributed by atoms with Crippen molar-refractivity contribution < 1.29 is 13.9 Å². The van der Waals surface area contributed by atoms with Crippen LogP contribution in [-0.4, -0.2) is 39.7 Å². The fourth-order valence-corrected chi connectivity index (χ4v) is 4.50. The first-order valence-corrected chi connectivity index (χ1v) is 11.5. The normalized spacial score (nSPS) is 21.0. The summed E-state index contributed by atoms with van der Waals surface area (Å²) in [5.41, 5.74) is 5.32. The Morgan fingerprint density at radius 1 is 1.16 bits per heavy atom. The molecule has 2 heterocycles. The fraction of sp³-hybridized carbons (Fsp3) is 0.480. The molecule has 0 radical (unpaired) electrons. The molecule has 2 aliphatic carbocycles. The highest BCUT2D eigenvalue weighted by molar-refractivity contribution is 6.09. The van der Waals surface area contributed by atoms with Crippen LogP contribution in [-0.2, 0) is 0 Å². The van der Waals surface area contributed by atoms with Gasteiger partial charge in [0, 0.05) is 17.3 Å². The third-order valence-corrected chi connectivity index (χ3v) is 6.55. The second-order valence-electron chi connectivity index (χ2n) is 9.25. The molecule has 2 fully saturated rings. The van der Waals surface area contributed by atoms with Gasteiger partial charge in [-0.25, -0.2) is 14.4 Å². The van der Waals surface area contributed by atoms with Gasteiger partial charge < -0.3 is 15.0 Å². The zero-order valence-electron chi connectivity index (χ0n) is 18.6. The first-order valence-electron chi connectivity index (χ1n) is 11.5. The van der Waals surface area contributed by atoms with Crippen molar-refractivity contribution in [1.82, 2.24) is 20.3 Å². The van der Waals surface area contributed by atoms with Crippen molar-refractivity contribution in [2.45, 2.75) is 64.6 Å². The lowest BCUT2D eigenvalue weighted by molar-refractivity contribution is 0.0917. The number of carbonyl (C=O) groups excluding carboxylic acids is 1. The zero-order valence-corrected chi connectivity index (χ0v) is 18.6. The van der Waals surface area contributed by atoms with Crippen molar-refractivity contribution in [3.05, 3.63) is 41.3 Å². The molecule has 32 heavy (non-hydrogen) atoms. The number of nitrogens with one attached hydrogen (secondary N) is 2. The van der Waals surface area contributed by atoms with Gasteiger partial charge in [-0.3, -0.25) is 4.79 Å². The molecule has 2 aromatic heterocycles. The van der Waals surface area contributed by atoms with E-state index in [9.17, 15) is 9.18 Å². The predicted octanol–water partition coefficient (Wildman–Crippen LogP) is 5.04. The second-order valence-corrected chi connectivity index (χ2v) is 9.25. The maximum Gasteiger partial charge on any atom is 0.255 e. The topological polar surface area (TPSA) is 79.9 Å². The minimum Gasteiger partial charge on any atom is -0.493 e. The highest BCUT2D eigenvalue weighted by atomic mass is 19.1. The van der Waals surface area contributed by atoms with Gasteiger partial charge in [0.05, 0.1) is 17.7 Å². The van der Waals surface area contributed by atoms with Gasteiger partial charge in [0.25, 0.3) is 5.91 Å². The standard InChI is InChI=1S/C25H29FN4O2/c1-14-3-10-20(32-12-16-4-5-16)19(11-14)22-24-23(28-13-27-22)21(15(2)29-24)25(31)30-18-8-6-17(26)7-9-18/h3,10-11,13,16-18,29H,4-9,12H2,1-2H3,(H,30,31). The first kappa shape index (κ1) is 20.9.